The summed E-state index contributed by atoms with van der Waals surface area (Å²) in [7, 11) is 0. The molecule has 0 spiro atoms. The number of carbonyl (C=O) groups is 3. The lowest BCUT2D eigenvalue weighted by Gasteiger charge is -2.34. The number of hydrogen-bond acceptors (Lipinski definition) is 12. The van der Waals surface area contributed by atoms with E-state index in [1.165, 1.54) is 4.90 Å². The van der Waals surface area contributed by atoms with Crippen LogP contribution in [-0.4, -0.2) is 101 Å². The fourth-order valence-corrected chi connectivity index (χ4v) is 9.57. The molecule has 2 aromatic carbocycles. The smallest absolute Gasteiger partial charge is 0.243 e. The van der Waals surface area contributed by atoms with Gasteiger partial charge < -0.3 is 31.1 Å². The number of aliphatic hydroxyl groups excluding tert-OH is 1. The van der Waals surface area contributed by atoms with Gasteiger partial charge in [0.1, 0.15) is 23.5 Å². The molecule has 2 fully saturated rings. The van der Waals surface area contributed by atoms with E-state index >= 15 is 0 Å². The molecule has 0 aliphatic carbocycles. The summed E-state index contributed by atoms with van der Waals surface area (Å²) < 4.78 is 1.96. The van der Waals surface area contributed by atoms with Crippen molar-refractivity contribution >= 4 is 45.8 Å². The zero-order valence-electron chi connectivity index (χ0n) is 35.2. The Kier molecular flexibility index (Phi) is 13.0. The number of carbonyl (C=O) groups excluding carboxylic acids is 3. The number of aliphatic hydroxyl groups is 1. The number of para-hydroxylation sites is 1. The van der Waals surface area contributed by atoms with Crippen molar-refractivity contribution in [2.24, 2.45) is 11.3 Å². The Hall–Kier alpha value is -5.25. The number of aromatic hydroxyl groups is 1. The van der Waals surface area contributed by atoms with Gasteiger partial charge in [-0.1, -0.05) is 63.6 Å². The first-order chi connectivity index (χ1) is 28.7. The molecule has 0 unspecified atom stereocenters. The first kappa shape index (κ1) is 42.9. The topological polar surface area (TPSA) is 193 Å². The van der Waals surface area contributed by atoms with Gasteiger partial charge in [0.2, 0.25) is 11.8 Å². The van der Waals surface area contributed by atoms with E-state index in [0.29, 0.717) is 29.0 Å². The maximum absolute atomic E-state index is 14.2. The van der Waals surface area contributed by atoms with E-state index in [2.05, 4.69) is 30.5 Å². The highest BCUT2D eigenvalue weighted by molar-refractivity contribution is 7.13. The van der Waals surface area contributed by atoms with E-state index in [1.54, 1.807) is 29.5 Å². The minimum Gasteiger partial charge on any atom is -0.507 e. The molecular weight excluding hydrogens is 779 g/mol. The molecule has 3 aromatic heterocycles. The van der Waals surface area contributed by atoms with Crippen LogP contribution in [-0.2, 0) is 14.4 Å². The number of thiazole rings is 1. The molecule has 2 aliphatic heterocycles. The molecule has 2 saturated heterocycles. The van der Waals surface area contributed by atoms with E-state index < -0.39 is 29.4 Å². The predicted molar refractivity (Wildman–Crippen MR) is 233 cm³/mol. The molecule has 0 saturated carbocycles. The van der Waals surface area contributed by atoms with Crippen LogP contribution in [0.3, 0.4) is 0 Å². The Morgan fingerprint density at radius 3 is 2.43 bits per heavy atom. The van der Waals surface area contributed by atoms with Gasteiger partial charge in [-0.05, 0) is 80.8 Å². The number of amides is 2. The second kappa shape index (κ2) is 18.2. The zero-order valence-corrected chi connectivity index (χ0v) is 36.0. The van der Waals surface area contributed by atoms with Crippen molar-refractivity contribution in [3.05, 3.63) is 71.4 Å². The van der Waals surface area contributed by atoms with Gasteiger partial charge in [0, 0.05) is 38.0 Å². The molecule has 5 aromatic rings. The van der Waals surface area contributed by atoms with Crippen LogP contribution in [0.4, 0.5) is 5.82 Å². The fraction of sp³-hybridized carbons (Fsp3) is 0.489. The van der Waals surface area contributed by atoms with E-state index in [9.17, 15) is 24.6 Å². The van der Waals surface area contributed by atoms with Crippen LogP contribution in [0.25, 0.3) is 32.7 Å². The number of rotatable bonds is 14. The number of β-amino-alcohol motifs (C(OH)–C–C–N with tert-alkyl or cyclic N) is 1. The number of ketones is 1. The summed E-state index contributed by atoms with van der Waals surface area (Å²) in [6, 6.07) is 15.9. The lowest BCUT2D eigenvalue weighted by molar-refractivity contribution is -0.149. The van der Waals surface area contributed by atoms with Crippen LogP contribution in [0.5, 0.6) is 5.75 Å². The molecule has 318 valence electrons. The molecule has 60 heavy (non-hydrogen) atoms. The first-order valence-electron chi connectivity index (χ1n) is 21.0. The normalized spacial score (nSPS) is 18.8. The van der Waals surface area contributed by atoms with Gasteiger partial charge in [-0.25, -0.2) is 4.98 Å². The van der Waals surface area contributed by atoms with Crippen LogP contribution < -0.4 is 11.1 Å². The molecule has 15 heteroatoms. The molecule has 0 radical (unpaired) electrons. The van der Waals surface area contributed by atoms with Crippen molar-refractivity contribution in [2.75, 3.05) is 31.9 Å². The number of nitrogens with zero attached hydrogens (tertiary/aromatic N) is 7. The lowest BCUT2D eigenvalue weighted by atomic mass is 9.76. The summed E-state index contributed by atoms with van der Waals surface area (Å²) in [5, 5.41) is 37.4. The van der Waals surface area contributed by atoms with Crippen LogP contribution in [0.1, 0.15) is 96.0 Å². The number of fused-ring (bicyclic) bond motifs is 1. The van der Waals surface area contributed by atoms with Crippen molar-refractivity contribution in [1.82, 2.24) is 40.1 Å². The standard InChI is InChI=1S/C45H57N9O5S/c1-27(29-14-16-30(17-15-29)41-28(2)47-26-60-41)48-43(58)36-23-32(55)25-53(36)44(59)39(45(3,4)5)38(57)13-7-6-10-20-52-21-18-31(19-22-52)54-35-24-34(33-11-8-9-12-37(33)56)49-50-40(35)42(46)51-54/h8-9,11-12,14-17,24,26-27,31-32,36,39,55-56H,6-7,10,13,18-23,25H2,1-5H3,(H2,46,51)(H,48,58)/t27-,32+,36-,39-/m0/s1. The molecule has 5 heterocycles. The third-order valence-corrected chi connectivity index (χ3v) is 13.0. The molecule has 4 atom stereocenters. The molecule has 2 amide bonds. The number of hydrogen-bond donors (Lipinski definition) is 4. The number of phenols is 1. The highest BCUT2D eigenvalue weighted by Gasteiger charge is 2.46. The number of benzene rings is 2. The maximum atomic E-state index is 14.2. The summed E-state index contributed by atoms with van der Waals surface area (Å²) in [6.07, 6.45) is 3.77. The Morgan fingerprint density at radius 1 is 1.02 bits per heavy atom. The van der Waals surface area contributed by atoms with E-state index in [0.717, 1.165) is 72.5 Å². The van der Waals surface area contributed by atoms with Crippen molar-refractivity contribution in [3.8, 4) is 27.4 Å². The average Bonchev–Trinajstić information content (AvgIpc) is 3.93. The second-order valence-electron chi connectivity index (χ2n) is 17.5. The predicted octanol–water partition coefficient (Wildman–Crippen LogP) is 6.48. The lowest BCUT2D eigenvalue weighted by Crippen LogP contribution is -2.51. The SMILES string of the molecule is Cc1ncsc1-c1ccc([C@H](C)NC(=O)[C@@H]2C[C@@H](O)CN2C(=O)[C@H](C(=O)CCCCCN2CCC(n3nc(N)c4nnc(-c5ccccc5O)cc43)CC2)C(C)(C)C)cc1. The number of nitrogens with two attached hydrogens (primary N) is 1. The van der Waals surface area contributed by atoms with Gasteiger partial charge in [0.05, 0.1) is 45.5 Å². The molecule has 7 rings (SSSR count). The molecule has 5 N–H and O–H groups in total. The number of nitrogen functional groups attached to an aromatic ring is 1. The van der Waals surface area contributed by atoms with Gasteiger partial charge >= 0.3 is 0 Å². The van der Waals surface area contributed by atoms with Crippen LogP contribution in [0.15, 0.2) is 60.1 Å². The van der Waals surface area contributed by atoms with Crippen molar-refractivity contribution in [2.45, 2.75) is 104 Å². The summed E-state index contributed by atoms with van der Waals surface area (Å²) >= 11 is 1.58. The minimum atomic E-state index is -0.926. The Morgan fingerprint density at radius 2 is 1.75 bits per heavy atom. The van der Waals surface area contributed by atoms with Gasteiger partial charge in [0.15, 0.2) is 11.3 Å². The second-order valence-corrected chi connectivity index (χ2v) is 18.3. The monoisotopic (exact) mass is 835 g/mol. The number of aryl methyl sites for hydroxylation is 1. The van der Waals surface area contributed by atoms with E-state index in [4.69, 9.17) is 5.73 Å². The summed E-state index contributed by atoms with van der Waals surface area (Å²) in [5.41, 5.74) is 12.9. The number of phenolic OH excluding ortho intramolecular Hbond substituents is 1. The Labute approximate surface area is 355 Å². The minimum absolute atomic E-state index is 0.0160. The van der Waals surface area contributed by atoms with E-state index in [1.807, 2.05) is 81.2 Å². The highest BCUT2D eigenvalue weighted by Crippen LogP contribution is 2.35. The molecule has 0 bridgehead atoms. The summed E-state index contributed by atoms with van der Waals surface area (Å²) in [5.74, 6) is -1.31. The number of likely N-dealkylation sites (tertiary alicyclic amines) is 2. The summed E-state index contributed by atoms with van der Waals surface area (Å²) in [4.78, 5) is 51.0. The average molecular weight is 836 g/mol. The van der Waals surface area contributed by atoms with Crippen molar-refractivity contribution < 1.29 is 24.6 Å². The quantitative estimate of drug-likeness (QED) is 0.0707. The molecular formula is C45H57N9O5S. The summed E-state index contributed by atoms with van der Waals surface area (Å²) in [6.45, 7) is 12.3. The highest BCUT2D eigenvalue weighted by atomic mass is 32.1. The Balaban J connectivity index is 0.888. The largest absolute Gasteiger partial charge is 0.507 e. The number of unbranched alkanes of at least 4 members (excludes halogenated alkanes) is 2. The van der Waals surface area contributed by atoms with Gasteiger partial charge in [-0.15, -0.1) is 21.5 Å². The number of piperidine rings is 1. The van der Waals surface area contributed by atoms with Crippen LogP contribution in [0.2, 0.25) is 0 Å². The van der Waals surface area contributed by atoms with Gasteiger partial charge in [-0.2, -0.15) is 5.10 Å². The number of Topliss-reactive ketones (excluding diaryl/α,β-unsaturated/α-hetero) is 1. The fourth-order valence-electron chi connectivity index (χ4n) is 8.76. The third kappa shape index (κ3) is 9.38. The number of anilines is 1. The molecule has 2 aliphatic rings. The van der Waals surface area contributed by atoms with Crippen molar-refractivity contribution in [1.29, 1.82) is 0 Å². The third-order valence-electron chi connectivity index (χ3n) is 12.0. The van der Waals surface area contributed by atoms with Crippen molar-refractivity contribution in [3.63, 3.8) is 0 Å². The molecule has 14 nitrogen and oxygen atoms in total. The van der Waals surface area contributed by atoms with Gasteiger partial charge in [0.25, 0.3) is 0 Å². The van der Waals surface area contributed by atoms with Gasteiger partial charge in [-0.3, -0.25) is 19.1 Å². The number of aromatic nitrogens is 5. The van der Waals surface area contributed by atoms with Crippen LogP contribution in [0, 0.1) is 18.3 Å². The Bertz CT molecular complexity index is 2310. The first-order valence-corrected chi connectivity index (χ1v) is 21.9. The number of nitrogens with one attached hydrogen (secondary N) is 1. The van der Waals surface area contributed by atoms with Crippen LogP contribution >= 0.6 is 11.3 Å². The zero-order chi connectivity index (χ0) is 42.7. The van der Waals surface area contributed by atoms with E-state index in [-0.39, 0.29) is 48.9 Å². The maximum Gasteiger partial charge on any atom is 0.243 e.